The van der Waals surface area contributed by atoms with E-state index in [1.807, 2.05) is 30.8 Å². The summed E-state index contributed by atoms with van der Waals surface area (Å²) < 4.78 is 15.1. The van der Waals surface area contributed by atoms with Crippen LogP contribution in [0.25, 0.3) is 0 Å². The average molecular weight is 357 g/mol. The van der Waals surface area contributed by atoms with Crippen molar-refractivity contribution in [2.75, 3.05) is 0 Å². The number of nitrogens with one attached hydrogen (secondary N) is 1. The number of aryl methyl sites for hydroxylation is 3. The van der Waals surface area contributed by atoms with E-state index in [-0.39, 0.29) is 11.7 Å². The minimum atomic E-state index is -0.444. The zero-order chi connectivity index (χ0) is 18.0. The summed E-state index contributed by atoms with van der Waals surface area (Å²) >= 11 is 1.49. The van der Waals surface area contributed by atoms with Crippen LogP contribution >= 0.6 is 11.3 Å². The van der Waals surface area contributed by atoms with Crippen molar-refractivity contribution in [2.24, 2.45) is 7.05 Å². The van der Waals surface area contributed by atoms with Crippen LogP contribution in [0, 0.1) is 12.7 Å². The number of amides is 1. The summed E-state index contributed by atoms with van der Waals surface area (Å²) in [6, 6.07) is 7.62. The van der Waals surface area contributed by atoms with Gasteiger partial charge in [0.2, 0.25) is 0 Å². The second kappa shape index (κ2) is 7.19. The molecule has 0 saturated heterocycles. The van der Waals surface area contributed by atoms with Crippen molar-refractivity contribution in [1.29, 1.82) is 0 Å². The Balaban J connectivity index is 1.93. The Labute approximate surface area is 150 Å². The molecule has 4 nitrogen and oxygen atoms in total. The Morgan fingerprint density at radius 1 is 1.36 bits per heavy atom. The van der Waals surface area contributed by atoms with Gasteiger partial charge in [0, 0.05) is 24.3 Å². The van der Waals surface area contributed by atoms with E-state index in [4.69, 9.17) is 0 Å². The van der Waals surface area contributed by atoms with Crippen LogP contribution in [0.15, 0.2) is 42.7 Å². The number of hydrogen-bond acceptors (Lipinski definition) is 3. The standard InChI is InChI=1S/C19H20FN3OS/c1-4-13-11-16(25-12(13)2)19(24)22-17(18-21-9-10-23(18)3)14-5-7-15(20)8-6-14/h5-11,17H,4H2,1-3H3,(H,22,24)/t17-/m0/s1. The SMILES string of the molecule is CCc1cc(C(=O)N[C@@H](c2ccc(F)cc2)c2nccn2C)sc1C. The first-order valence-corrected chi connectivity index (χ1v) is 8.94. The maximum Gasteiger partial charge on any atom is 0.262 e. The Bertz CT molecular complexity index is 882. The molecule has 0 bridgehead atoms. The molecular weight excluding hydrogens is 337 g/mol. The van der Waals surface area contributed by atoms with Crippen LogP contribution in [-0.2, 0) is 13.5 Å². The quantitative estimate of drug-likeness (QED) is 0.750. The highest BCUT2D eigenvalue weighted by Gasteiger charge is 2.22. The molecule has 1 aromatic carbocycles. The highest BCUT2D eigenvalue weighted by molar-refractivity contribution is 7.14. The van der Waals surface area contributed by atoms with E-state index in [1.165, 1.54) is 29.0 Å². The number of hydrogen-bond donors (Lipinski definition) is 1. The van der Waals surface area contributed by atoms with Crippen LogP contribution in [0.4, 0.5) is 4.39 Å². The van der Waals surface area contributed by atoms with Crippen molar-refractivity contribution in [3.8, 4) is 0 Å². The lowest BCUT2D eigenvalue weighted by atomic mass is 10.1. The van der Waals surface area contributed by atoms with Gasteiger partial charge in [0.05, 0.1) is 4.88 Å². The lowest BCUT2D eigenvalue weighted by molar-refractivity contribution is 0.0945. The molecule has 0 aliphatic heterocycles. The number of carbonyl (C=O) groups is 1. The summed E-state index contributed by atoms with van der Waals surface area (Å²) in [5, 5.41) is 3.04. The lowest BCUT2D eigenvalue weighted by Gasteiger charge is -2.19. The number of thiophene rings is 1. The third kappa shape index (κ3) is 3.64. The van der Waals surface area contributed by atoms with Crippen LogP contribution in [0.2, 0.25) is 0 Å². The molecule has 0 saturated carbocycles. The normalized spacial score (nSPS) is 12.2. The second-order valence-corrected chi connectivity index (χ2v) is 7.16. The summed E-state index contributed by atoms with van der Waals surface area (Å²) in [4.78, 5) is 19.0. The smallest absolute Gasteiger partial charge is 0.262 e. The molecule has 2 heterocycles. The van der Waals surface area contributed by atoms with Gasteiger partial charge in [0.15, 0.2) is 0 Å². The first kappa shape index (κ1) is 17.4. The molecule has 0 unspecified atom stereocenters. The van der Waals surface area contributed by atoms with Crippen LogP contribution in [-0.4, -0.2) is 15.5 Å². The van der Waals surface area contributed by atoms with Crippen molar-refractivity contribution < 1.29 is 9.18 Å². The molecule has 3 aromatic rings. The molecule has 3 rings (SSSR count). The molecule has 130 valence electrons. The number of imidazole rings is 1. The summed E-state index contributed by atoms with van der Waals surface area (Å²) in [5.41, 5.74) is 1.97. The van der Waals surface area contributed by atoms with Crippen molar-refractivity contribution in [3.63, 3.8) is 0 Å². The largest absolute Gasteiger partial charge is 0.337 e. The van der Waals surface area contributed by atoms with Crippen LogP contribution in [0.3, 0.4) is 0 Å². The maximum absolute atomic E-state index is 13.3. The van der Waals surface area contributed by atoms with Gasteiger partial charge in [0.1, 0.15) is 17.7 Å². The van der Waals surface area contributed by atoms with Crippen molar-refractivity contribution in [2.45, 2.75) is 26.3 Å². The number of halogens is 1. The zero-order valence-corrected chi connectivity index (χ0v) is 15.2. The predicted octanol–water partition coefficient (Wildman–Crippen LogP) is 4.01. The van der Waals surface area contributed by atoms with E-state index in [0.29, 0.717) is 10.7 Å². The third-order valence-electron chi connectivity index (χ3n) is 4.22. The topological polar surface area (TPSA) is 46.9 Å². The van der Waals surface area contributed by atoms with E-state index >= 15 is 0 Å². The van der Waals surface area contributed by atoms with Gasteiger partial charge in [0.25, 0.3) is 5.91 Å². The highest BCUT2D eigenvalue weighted by Crippen LogP contribution is 2.25. The van der Waals surface area contributed by atoms with Crippen LogP contribution in [0.1, 0.15) is 44.5 Å². The number of benzene rings is 1. The van der Waals surface area contributed by atoms with Gasteiger partial charge >= 0.3 is 0 Å². The zero-order valence-electron chi connectivity index (χ0n) is 14.4. The Morgan fingerprint density at radius 2 is 2.08 bits per heavy atom. The molecule has 1 N–H and O–H groups in total. The van der Waals surface area contributed by atoms with Crippen molar-refractivity contribution >= 4 is 17.2 Å². The van der Waals surface area contributed by atoms with E-state index in [1.54, 1.807) is 18.3 Å². The second-order valence-electron chi connectivity index (χ2n) is 5.90. The Kier molecular flexibility index (Phi) is 4.99. The van der Waals surface area contributed by atoms with Gasteiger partial charge in [-0.05, 0) is 42.7 Å². The van der Waals surface area contributed by atoms with E-state index in [2.05, 4.69) is 17.2 Å². The first-order valence-electron chi connectivity index (χ1n) is 8.12. The van der Waals surface area contributed by atoms with Gasteiger partial charge in [-0.3, -0.25) is 4.79 Å². The lowest BCUT2D eigenvalue weighted by Crippen LogP contribution is -2.30. The minimum absolute atomic E-state index is 0.148. The fraction of sp³-hybridized carbons (Fsp3) is 0.263. The predicted molar refractivity (Wildman–Crippen MR) is 97.4 cm³/mol. The highest BCUT2D eigenvalue weighted by atomic mass is 32.1. The van der Waals surface area contributed by atoms with Gasteiger partial charge in [-0.2, -0.15) is 0 Å². The van der Waals surface area contributed by atoms with Crippen LogP contribution in [0.5, 0.6) is 0 Å². The van der Waals surface area contributed by atoms with Crippen molar-refractivity contribution in [3.05, 3.63) is 75.2 Å². The molecule has 1 amide bonds. The molecule has 25 heavy (non-hydrogen) atoms. The molecule has 6 heteroatoms. The van der Waals surface area contributed by atoms with Crippen LogP contribution < -0.4 is 5.32 Å². The number of carbonyl (C=O) groups excluding carboxylic acids is 1. The summed E-state index contributed by atoms with van der Waals surface area (Å²) in [6.07, 6.45) is 4.40. The number of rotatable bonds is 5. The van der Waals surface area contributed by atoms with Gasteiger partial charge in [-0.1, -0.05) is 19.1 Å². The molecule has 0 aliphatic rings. The van der Waals surface area contributed by atoms with E-state index < -0.39 is 6.04 Å². The molecule has 0 aliphatic carbocycles. The van der Waals surface area contributed by atoms with E-state index in [0.717, 1.165) is 16.9 Å². The Hall–Kier alpha value is -2.47. The van der Waals surface area contributed by atoms with Crippen molar-refractivity contribution in [1.82, 2.24) is 14.9 Å². The summed E-state index contributed by atoms with van der Waals surface area (Å²) in [6.45, 7) is 4.10. The molecule has 0 spiro atoms. The average Bonchev–Trinajstić information content (AvgIpc) is 3.19. The summed E-state index contributed by atoms with van der Waals surface area (Å²) in [5.74, 6) is 0.240. The number of aromatic nitrogens is 2. The fourth-order valence-electron chi connectivity index (χ4n) is 2.79. The van der Waals surface area contributed by atoms with E-state index in [9.17, 15) is 9.18 Å². The van der Waals surface area contributed by atoms with Gasteiger partial charge in [-0.15, -0.1) is 11.3 Å². The minimum Gasteiger partial charge on any atom is -0.337 e. The third-order valence-corrected chi connectivity index (χ3v) is 5.31. The molecule has 1 atom stereocenters. The molecule has 2 aromatic heterocycles. The monoisotopic (exact) mass is 357 g/mol. The molecular formula is C19H20FN3OS. The fourth-order valence-corrected chi connectivity index (χ4v) is 3.81. The maximum atomic E-state index is 13.3. The summed E-state index contributed by atoms with van der Waals surface area (Å²) in [7, 11) is 1.87. The molecule has 0 radical (unpaired) electrons. The first-order chi connectivity index (χ1) is 12.0. The number of nitrogens with zero attached hydrogens (tertiary/aromatic N) is 2. The molecule has 0 fully saturated rings. The van der Waals surface area contributed by atoms with Gasteiger partial charge < -0.3 is 9.88 Å². The van der Waals surface area contributed by atoms with Gasteiger partial charge in [-0.25, -0.2) is 9.37 Å². The Morgan fingerprint density at radius 3 is 2.64 bits per heavy atom.